The number of aryl methyl sites for hydroxylation is 3. The molecule has 32 heavy (non-hydrogen) atoms. The number of fused-ring (bicyclic) bond motifs is 1. The molecule has 8 heteroatoms. The van der Waals surface area contributed by atoms with Crippen LogP contribution in [0, 0.1) is 19.8 Å². The number of nitrogens with one attached hydrogen (secondary N) is 1. The van der Waals surface area contributed by atoms with Gasteiger partial charge in [-0.3, -0.25) is 9.48 Å². The van der Waals surface area contributed by atoms with Crippen molar-refractivity contribution in [3.8, 4) is 0 Å². The number of hydrogen-bond acceptors (Lipinski definition) is 4. The molecular weight excluding hydrogens is 424 g/mol. The smallest absolute Gasteiger partial charge is 0.246 e. The van der Waals surface area contributed by atoms with Gasteiger partial charge in [0, 0.05) is 19.5 Å². The van der Waals surface area contributed by atoms with Gasteiger partial charge in [-0.05, 0) is 63.0 Å². The van der Waals surface area contributed by atoms with Gasteiger partial charge in [0.2, 0.25) is 15.9 Å². The molecule has 0 saturated carbocycles. The van der Waals surface area contributed by atoms with Crippen LogP contribution in [0.25, 0.3) is 0 Å². The summed E-state index contributed by atoms with van der Waals surface area (Å²) in [6.07, 6.45) is 5.10. The monoisotopic (exact) mass is 458 g/mol. The molecule has 4 rings (SSSR count). The van der Waals surface area contributed by atoms with Gasteiger partial charge in [0.25, 0.3) is 0 Å². The van der Waals surface area contributed by atoms with Gasteiger partial charge in [-0.25, -0.2) is 8.42 Å². The Labute approximate surface area is 191 Å². The van der Waals surface area contributed by atoms with Crippen molar-refractivity contribution in [2.45, 2.75) is 76.8 Å². The Balaban J connectivity index is 1.42. The fourth-order valence-electron chi connectivity index (χ4n) is 5.00. The molecule has 0 radical (unpaired) electrons. The Kier molecular flexibility index (Phi) is 6.72. The number of amides is 1. The summed E-state index contributed by atoms with van der Waals surface area (Å²) in [4.78, 5) is 13.0. The molecule has 2 heterocycles. The highest BCUT2D eigenvalue weighted by Gasteiger charge is 2.33. The van der Waals surface area contributed by atoms with Crippen molar-refractivity contribution in [1.29, 1.82) is 0 Å². The quantitative estimate of drug-likeness (QED) is 0.718. The zero-order valence-corrected chi connectivity index (χ0v) is 20.1. The van der Waals surface area contributed by atoms with Crippen molar-refractivity contribution in [2.24, 2.45) is 5.92 Å². The Morgan fingerprint density at radius 2 is 1.88 bits per heavy atom. The van der Waals surface area contributed by atoms with Crippen molar-refractivity contribution in [1.82, 2.24) is 19.4 Å². The molecule has 1 aromatic carbocycles. The fraction of sp³-hybridized carbons (Fsp3) is 0.583. The van der Waals surface area contributed by atoms with Gasteiger partial charge in [0.1, 0.15) is 4.90 Å². The van der Waals surface area contributed by atoms with Crippen LogP contribution in [0.1, 0.15) is 67.6 Å². The summed E-state index contributed by atoms with van der Waals surface area (Å²) in [6, 6.07) is 8.34. The summed E-state index contributed by atoms with van der Waals surface area (Å²) < 4.78 is 29.8. The number of carbonyl (C=O) groups is 1. The first-order valence-electron chi connectivity index (χ1n) is 11.7. The van der Waals surface area contributed by atoms with Crippen LogP contribution in [-0.4, -0.2) is 41.5 Å². The van der Waals surface area contributed by atoms with Gasteiger partial charge in [-0.2, -0.15) is 9.40 Å². The minimum absolute atomic E-state index is 0.0336. The van der Waals surface area contributed by atoms with E-state index in [2.05, 4.69) is 29.5 Å². The van der Waals surface area contributed by atoms with Crippen molar-refractivity contribution >= 4 is 15.9 Å². The molecule has 174 valence electrons. The molecule has 2 aliphatic rings. The number of carbonyl (C=O) groups excluding carboxylic acids is 1. The van der Waals surface area contributed by atoms with Crippen LogP contribution in [-0.2, 0) is 27.8 Å². The van der Waals surface area contributed by atoms with Gasteiger partial charge in [0.05, 0.1) is 24.0 Å². The average molecular weight is 459 g/mol. The normalized spacial score (nSPS) is 20.2. The highest BCUT2D eigenvalue weighted by Crippen LogP contribution is 2.30. The number of nitrogens with zero attached hydrogens (tertiary/aromatic N) is 3. The van der Waals surface area contributed by atoms with Crippen LogP contribution in [0.4, 0.5) is 0 Å². The van der Waals surface area contributed by atoms with E-state index in [1.165, 1.54) is 11.1 Å². The molecule has 1 N–H and O–H groups in total. The Morgan fingerprint density at radius 3 is 2.62 bits per heavy atom. The lowest BCUT2D eigenvalue weighted by molar-refractivity contribution is -0.122. The van der Waals surface area contributed by atoms with E-state index in [4.69, 9.17) is 0 Å². The maximum absolute atomic E-state index is 13.3. The zero-order chi connectivity index (χ0) is 22.9. The number of sulfonamides is 1. The second kappa shape index (κ2) is 9.35. The zero-order valence-electron chi connectivity index (χ0n) is 19.3. The Hall–Kier alpha value is -2.19. The second-order valence-electron chi connectivity index (χ2n) is 9.27. The van der Waals surface area contributed by atoms with E-state index >= 15 is 0 Å². The maximum atomic E-state index is 13.3. The lowest BCUT2D eigenvalue weighted by Crippen LogP contribution is -2.38. The van der Waals surface area contributed by atoms with Gasteiger partial charge in [-0.1, -0.05) is 31.2 Å². The Morgan fingerprint density at radius 1 is 1.16 bits per heavy atom. The summed E-state index contributed by atoms with van der Waals surface area (Å²) in [5.74, 6) is 0.523. The average Bonchev–Trinajstić information content (AvgIpc) is 3.06. The van der Waals surface area contributed by atoms with Crippen molar-refractivity contribution in [2.75, 3.05) is 13.1 Å². The highest BCUT2D eigenvalue weighted by atomic mass is 32.2. The van der Waals surface area contributed by atoms with E-state index in [9.17, 15) is 13.2 Å². The molecule has 1 aromatic heterocycles. The third-order valence-electron chi connectivity index (χ3n) is 6.91. The molecule has 1 atom stereocenters. The predicted molar refractivity (Wildman–Crippen MR) is 124 cm³/mol. The van der Waals surface area contributed by atoms with Crippen LogP contribution in [0.5, 0.6) is 0 Å². The van der Waals surface area contributed by atoms with E-state index in [1.807, 2.05) is 12.1 Å². The lowest BCUT2D eigenvalue weighted by Gasteiger charge is -2.29. The molecule has 1 aliphatic heterocycles. The van der Waals surface area contributed by atoms with E-state index in [-0.39, 0.29) is 18.4 Å². The predicted octanol–water partition coefficient (Wildman–Crippen LogP) is 3.50. The van der Waals surface area contributed by atoms with Crippen molar-refractivity contribution in [3.05, 3.63) is 46.8 Å². The van der Waals surface area contributed by atoms with Gasteiger partial charge >= 0.3 is 0 Å². The third kappa shape index (κ3) is 4.62. The lowest BCUT2D eigenvalue weighted by atomic mass is 9.88. The van der Waals surface area contributed by atoms with Crippen LogP contribution in [0.2, 0.25) is 0 Å². The molecular formula is C24H34N4O3S. The van der Waals surface area contributed by atoms with Crippen LogP contribution < -0.4 is 5.32 Å². The molecule has 2 aromatic rings. The van der Waals surface area contributed by atoms with Crippen LogP contribution in [0.3, 0.4) is 0 Å². The topological polar surface area (TPSA) is 84.3 Å². The Bertz CT molecular complexity index is 1080. The molecule has 0 spiro atoms. The molecule has 1 saturated heterocycles. The molecule has 1 amide bonds. The second-order valence-corrected chi connectivity index (χ2v) is 11.1. The van der Waals surface area contributed by atoms with Gasteiger partial charge in [0.15, 0.2) is 0 Å². The van der Waals surface area contributed by atoms with E-state index in [0.29, 0.717) is 41.8 Å². The van der Waals surface area contributed by atoms with E-state index in [1.54, 1.807) is 22.8 Å². The highest BCUT2D eigenvalue weighted by molar-refractivity contribution is 7.89. The van der Waals surface area contributed by atoms with Gasteiger partial charge in [-0.15, -0.1) is 0 Å². The molecule has 1 unspecified atom stereocenters. The first-order chi connectivity index (χ1) is 15.3. The third-order valence-corrected chi connectivity index (χ3v) is 9.06. The summed E-state index contributed by atoms with van der Waals surface area (Å²) in [7, 11) is -3.57. The minimum atomic E-state index is -3.57. The standard InChI is InChI=1S/C24H34N4O3S/c1-17-11-14-27(15-12-17)32(30,31)24-18(2)26-28(19(24)3)16-13-23(29)25-22-10-6-8-20-7-4-5-9-21(20)22/h4-5,7,9,17,22H,6,8,10-16H2,1-3H3,(H,25,29). The fourth-order valence-corrected chi connectivity index (χ4v) is 6.85. The molecule has 1 aliphatic carbocycles. The number of benzene rings is 1. The molecule has 0 bridgehead atoms. The maximum Gasteiger partial charge on any atom is 0.246 e. The number of aromatic nitrogens is 2. The van der Waals surface area contributed by atoms with Crippen molar-refractivity contribution in [3.63, 3.8) is 0 Å². The van der Waals surface area contributed by atoms with Crippen molar-refractivity contribution < 1.29 is 13.2 Å². The summed E-state index contributed by atoms with van der Waals surface area (Å²) in [5, 5.41) is 7.64. The van der Waals surface area contributed by atoms with Gasteiger partial charge < -0.3 is 5.32 Å². The summed E-state index contributed by atoms with van der Waals surface area (Å²) in [5.41, 5.74) is 3.63. The first-order valence-corrected chi connectivity index (χ1v) is 13.1. The molecule has 1 fully saturated rings. The molecule has 7 nitrogen and oxygen atoms in total. The SMILES string of the molecule is Cc1nn(CCC(=O)NC2CCCc3ccccc32)c(C)c1S(=O)(=O)N1CCC(C)CC1. The number of hydrogen-bond donors (Lipinski definition) is 1. The summed E-state index contributed by atoms with van der Waals surface area (Å²) >= 11 is 0. The van der Waals surface area contributed by atoms with Crippen LogP contribution in [0.15, 0.2) is 29.2 Å². The largest absolute Gasteiger partial charge is 0.349 e. The minimum Gasteiger partial charge on any atom is -0.349 e. The van der Waals surface area contributed by atoms with E-state index < -0.39 is 10.0 Å². The van der Waals surface area contributed by atoms with E-state index in [0.717, 1.165) is 32.1 Å². The van der Waals surface area contributed by atoms with Crippen LogP contribution >= 0.6 is 0 Å². The first kappa shape index (κ1) is 23.0. The number of rotatable bonds is 6. The number of piperidine rings is 1. The summed E-state index contributed by atoms with van der Waals surface area (Å²) in [6.45, 7) is 7.16.